The fourth-order valence-corrected chi connectivity index (χ4v) is 3.73. The van der Waals surface area contributed by atoms with Gasteiger partial charge in [0, 0.05) is 25.1 Å². The van der Waals surface area contributed by atoms with Gasteiger partial charge in [-0.05, 0) is 38.2 Å². The van der Waals surface area contributed by atoms with Crippen molar-refractivity contribution in [2.75, 3.05) is 19.7 Å². The molecule has 4 N–H and O–H groups in total. The number of likely N-dealkylation sites (tertiary alicyclic amines) is 1. The van der Waals surface area contributed by atoms with Crippen LogP contribution in [0.4, 0.5) is 0 Å². The van der Waals surface area contributed by atoms with Crippen LogP contribution in [0.25, 0.3) is 6.08 Å². The van der Waals surface area contributed by atoms with E-state index in [9.17, 15) is 9.59 Å². The highest BCUT2D eigenvalue weighted by molar-refractivity contribution is 5.95. The number of hydrogen-bond acceptors (Lipinski definition) is 4. The quantitative estimate of drug-likeness (QED) is 0.320. The van der Waals surface area contributed by atoms with Crippen LogP contribution in [-0.2, 0) is 14.3 Å². The molecule has 1 amide bonds. The molecule has 1 heterocycles. The standard InChI is InChI=1S/C24H31N3O4/c1-4-15-31-20(10-7-17-5-8-19(9-6-17)22(25)26)24(2,3)23(30)27-13-11-18(12-14-27)16-21(28)29/h1,5-10,18,20H,11-16H2,2-3H3,(H3,25,26)(H,28,29). The summed E-state index contributed by atoms with van der Waals surface area (Å²) < 4.78 is 5.82. The molecule has 2 rings (SSSR count). The number of nitrogens with two attached hydrogens (primary N) is 1. The summed E-state index contributed by atoms with van der Waals surface area (Å²) in [5, 5.41) is 16.5. The minimum absolute atomic E-state index is 0.00427. The molecule has 0 radical (unpaired) electrons. The van der Waals surface area contributed by atoms with Crippen LogP contribution in [0.15, 0.2) is 30.3 Å². The number of amidine groups is 1. The van der Waals surface area contributed by atoms with E-state index in [1.165, 1.54) is 0 Å². The SMILES string of the molecule is C#CCOC(C=Cc1ccc(C(=N)N)cc1)C(C)(C)C(=O)N1CCC(CC(=O)O)CC1. The lowest BCUT2D eigenvalue weighted by Gasteiger charge is -2.39. The molecule has 1 fully saturated rings. The first-order valence-electron chi connectivity index (χ1n) is 10.3. The van der Waals surface area contributed by atoms with Gasteiger partial charge in [0.25, 0.3) is 0 Å². The monoisotopic (exact) mass is 425 g/mol. The third-order valence-electron chi connectivity index (χ3n) is 5.66. The maximum Gasteiger partial charge on any atom is 0.303 e. The average molecular weight is 426 g/mol. The van der Waals surface area contributed by atoms with E-state index in [1.54, 1.807) is 17.0 Å². The van der Waals surface area contributed by atoms with Crippen molar-refractivity contribution in [1.29, 1.82) is 5.41 Å². The van der Waals surface area contributed by atoms with Crippen molar-refractivity contribution in [2.45, 2.75) is 39.2 Å². The molecule has 1 atom stereocenters. The van der Waals surface area contributed by atoms with Crippen LogP contribution >= 0.6 is 0 Å². The van der Waals surface area contributed by atoms with E-state index in [0.29, 0.717) is 31.5 Å². The molecule has 1 aromatic rings. The molecule has 1 aliphatic heterocycles. The Labute approximate surface area is 183 Å². The number of nitrogen functional groups attached to an aromatic ring is 1. The first-order chi connectivity index (χ1) is 14.6. The van der Waals surface area contributed by atoms with Crippen molar-refractivity contribution in [3.05, 3.63) is 41.5 Å². The number of terminal acetylenes is 1. The summed E-state index contributed by atoms with van der Waals surface area (Å²) in [6.45, 7) is 4.83. The lowest BCUT2D eigenvalue weighted by Crippen LogP contribution is -2.50. The topological polar surface area (TPSA) is 117 Å². The number of amides is 1. The smallest absolute Gasteiger partial charge is 0.303 e. The Morgan fingerprint density at radius 3 is 2.48 bits per heavy atom. The lowest BCUT2D eigenvalue weighted by atomic mass is 9.82. The molecule has 1 unspecified atom stereocenters. The van der Waals surface area contributed by atoms with Crippen molar-refractivity contribution in [3.63, 3.8) is 0 Å². The Morgan fingerprint density at radius 2 is 1.97 bits per heavy atom. The molecule has 31 heavy (non-hydrogen) atoms. The second-order valence-corrected chi connectivity index (χ2v) is 8.39. The van der Waals surface area contributed by atoms with Gasteiger partial charge in [0.2, 0.25) is 5.91 Å². The van der Waals surface area contributed by atoms with E-state index in [-0.39, 0.29) is 30.7 Å². The third-order valence-corrected chi connectivity index (χ3v) is 5.66. The van der Waals surface area contributed by atoms with E-state index in [2.05, 4.69) is 5.92 Å². The van der Waals surface area contributed by atoms with Crippen LogP contribution in [0.2, 0.25) is 0 Å². The van der Waals surface area contributed by atoms with Crippen molar-refractivity contribution in [2.24, 2.45) is 17.1 Å². The Bertz CT molecular complexity index is 860. The number of hydrogen-bond donors (Lipinski definition) is 3. The first kappa shape index (κ1) is 24.2. The van der Waals surface area contributed by atoms with Gasteiger partial charge in [-0.25, -0.2) is 0 Å². The molecule has 7 nitrogen and oxygen atoms in total. The maximum absolute atomic E-state index is 13.3. The van der Waals surface area contributed by atoms with Gasteiger partial charge in [-0.15, -0.1) is 6.42 Å². The van der Waals surface area contributed by atoms with Gasteiger partial charge >= 0.3 is 5.97 Å². The largest absolute Gasteiger partial charge is 0.481 e. The summed E-state index contributed by atoms with van der Waals surface area (Å²) in [6, 6.07) is 7.20. The van der Waals surface area contributed by atoms with Crippen LogP contribution in [0.3, 0.4) is 0 Å². The maximum atomic E-state index is 13.3. The number of carbonyl (C=O) groups is 2. The molecule has 7 heteroatoms. The fourth-order valence-electron chi connectivity index (χ4n) is 3.73. The fraction of sp³-hybridized carbons (Fsp3) is 0.458. The molecule has 1 saturated heterocycles. The number of aliphatic carboxylic acids is 1. The number of ether oxygens (including phenoxy) is 1. The summed E-state index contributed by atoms with van der Waals surface area (Å²) in [4.78, 5) is 26.0. The average Bonchev–Trinajstić information content (AvgIpc) is 2.73. The predicted molar refractivity (Wildman–Crippen MR) is 120 cm³/mol. The van der Waals surface area contributed by atoms with Gasteiger partial charge in [-0.1, -0.05) is 42.3 Å². The van der Waals surface area contributed by atoms with Crippen molar-refractivity contribution < 1.29 is 19.4 Å². The van der Waals surface area contributed by atoms with Crippen LogP contribution in [0, 0.1) is 29.1 Å². The van der Waals surface area contributed by atoms with Crippen molar-refractivity contribution >= 4 is 23.8 Å². The van der Waals surface area contributed by atoms with Crippen LogP contribution in [-0.4, -0.2) is 53.5 Å². The molecule has 0 aromatic heterocycles. The Balaban J connectivity index is 2.11. The molecule has 0 aliphatic carbocycles. The summed E-state index contributed by atoms with van der Waals surface area (Å²) in [7, 11) is 0. The summed E-state index contributed by atoms with van der Waals surface area (Å²) in [6.07, 6.45) is 10.0. The van der Waals surface area contributed by atoms with Gasteiger partial charge in [-0.2, -0.15) is 0 Å². The minimum atomic E-state index is -0.855. The molecular formula is C24H31N3O4. The number of carboxylic acids is 1. The molecule has 1 aromatic carbocycles. The summed E-state index contributed by atoms with van der Waals surface area (Å²) >= 11 is 0. The van der Waals surface area contributed by atoms with Crippen LogP contribution < -0.4 is 5.73 Å². The van der Waals surface area contributed by atoms with E-state index in [4.69, 9.17) is 27.4 Å². The highest BCUT2D eigenvalue weighted by Gasteiger charge is 2.40. The van der Waals surface area contributed by atoms with Gasteiger partial charge in [0.05, 0.1) is 11.5 Å². The van der Waals surface area contributed by atoms with Gasteiger partial charge in [-0.3, -0.25) is 15.0 Å². The van der Waals surface area contributed by atoms with E-state index in [0.717, 1.165) is 5.56 Å². The molecule has 0 bridgehead atoms. The second-order valence-electron chi connectivity index (χ2n) is 8.39. The van der Waals surface area contributed by atoms with Gasteiger partial charge < -0.3 is 20.5 Å². The third kappa shape index (κ3) is 6.69. The van der Waals surface area contributed by atoms with Crippen LogP contribution in [0.5, 0.6) is 0 Å². The zero-order valence-electron chi connectivity index (χ0n) is 18.1. The van der Waals surface area contributed by atoms with Gasteiger partial charge in [0.1, 0.15) is 12.4 Å². The predicted octanol–water partition coefficient (Wildman–Crippen LogP) is 2.74. The Morgan fingerprint density at radius 1 is 1.35 bits per heavy atom. The highest BCUT2D eigenvalue weighted by Crippen LogP contribution is 2.31. The Kier molecular flexibility index (Phi) is 8.40. The molecule has 166 valence electrons. The van der Waals surface area contributed by atoms with Crippen LogP contribution in [0.1, 0.15) is 44.2 Å². The number of benzene rings is 1. The number of nitrogens with one attached hydrogen (secondary N) is 1. The van der Waals surface area contributed by atoms with E-state index >= 15 is 0 Å². The van der Waals surface area contributed by atoms with E-state index in [1.807, 2.05) is 38.1 Å². The molecular weight excluding hydrogens is 394 g/mol. The summed E-state index contributed by atoms with van der Waals surface area (Å²) in [5.74, 6) is 1.73. The number of nitrogens with zero attached hydrogens (tertiary/aromatic N) is 1. The van der Waals surface area contributed by atoms with Crippen molar-refractivity contribution in [1.82, 2.24) is 4.90 Å². The molecule has 0 spiro atoms. The normalized spacial score (nSPS) is 16.1. The number of piperidine rings is 1. The zero-order valence-corrected chi connectivity index (χ0v) is 18.1. The minimum Gasteiger partial charge on any atom is -0.481 e. The molecule has 0 saturated carbocycles. The first-order valence-corrected chi connectivity index (χ1v) is 10.3. The number of carbonyl (C=O) groups excluding carboxylic acids is 1. The Hall–Kier alpha value is -3.11. The highest BCUT2D eigenvalue weighted by atomic mass is 16.5. The van der Waals surface area contributed by atoms with E-state index < -0.39 is 17.5 Å². The van der Waals surface area contributed by atoms with Crippen molar-refractivity contribution in [3.8, 4) is 12.3 Å². The molecule has 1 aliphatic rings. The lowest BCUT2D eigenvalue weighted by molar-refractivity contribution is -0.148. The number of carboxylic acid groups (broad SMARTS) is 1. The second kappa shape index (κ2) is 10.8. The summed E-state index contributed by atoms with van der Waals surface area (Å²) in [5.41, 5.74) is 6.16. The number of rotatable bonds is 9. The van der Waals surface area contributed by atoms with Gasteiger partial charge in [0.15, 0.2) is 0 Å². The zero-order chi connectivity index (χ0) is 23.0.